The number of halogens is 1. The normalized spacial score (nSPS) is 16.0. The molecule has 3 rings (SSSR count). The van der Waals surface area contributed by atoms with E-state index in [1.54, 1.807) is 20.8 Å². The number of carbonyl (C=O) groups excluding carboxylic acids is 2. The van der Waals surface area contributed by atoms with E-state index in [0.29, 0.717) is 46.5 Å². The molecular weight excluding hydrogens is 430 g/mol. The molecule has 2 heterocycles. The van der Waals surface area contributed by atoms with Crippen molar-refractivity contribution in [2.45, 2.75) is 33.7 Å². The van der Waals surface area contributed by atoms with Crippen LogP contribution in [0.15, 0.2) is 24.3 Å². The molecular formula is C24H32ClN3O4. The molecule has 7 nitrogen and oxygen atoms in total. The van der Waals surface area contributed by atoms with Gasteiger partial charge in [-0.3, -0.25) is 14.6 Å². The van der Waals surface area contributed by atoms with Gasteiger partial charge in [0.1, 0.15) is 12.4 Å². The first-order valence-corrected chi connectivity index (χ1v) is 11.5. The van der Waals surface area contributed by atoms with E-state index in [-0.39, 0.29) is 11.8 Å². The van der Waals surface area contributed by atoms with Gasteiger partial charge in [-0.2, -0.15) is 0 Å². The van der Waals surface area contributed by atoms with Crippen LogP contribution in [0.25, 0.3) is 0 Å². The number of Topliss-reactive ketones (excluding diaryl/α,β-unsaturated/α-hetero) is 1. The Bertz CT molecular complexity index is 951. The maximum atomic E-state index is 13.2. The molecule has 0 amide bonds. The van der Waals surface area contributed by atoms with Gasteiger partial charge in [-0.25, -0.2) is 4.79 Å². The number of carbonyl (C=O) groups is 2. The molecule has 1 aromatic carbocycles. The van der Waals surface area contributed by atoms with Crippen molar-refractivity contribution < 1.29 is 19.1 Å². The number of benzene rings is 1. The Morgan fingerprint density at radius 1 is 1.16 bits per heavy atom. The highest BCUT2D eigenvalue weighted by Gasteiger charge is 2.30. The third-order valence-corrected chi connectivity index (χ3v) is 6.31. The number of nitrogens with zero attached hydrogens (tertiary/aromatic N) is 2. The van der Waals surface area contributed by atoms with E-state index in [0.717, 1.165) is 32.7 Å². The number of H-pyrrole nitrogens is 1. The van der Waals surface area contributed by atoms with E-state index >= 15 is 0 Å². The highest BCUT2D eigenvalue weighted by molar-refractivity contribution is 6.32. The predicted molar refractivity (Wildman–Crippen MR) is 125 cm³/mol. The van der Waals surface area contributed by atoms with Gasteiger partial charge in [0.15, 0.2) is 5.78 Å². The summed E-state index contributed by atoms with van der Waals surface area (Å²) in [6, 6.07) is 7.19. The maximum Gasteiger partial charge on any atom is 0.340 e. The van der Waals surface area contributed by atoms with Gasteiger partial charge in [-0.15, -0.1) is 0 Å². The second kappa shape index (κ2) is 11.0. The summed E-state index contributed by atoms with van der Waals surface area (Å²) < 4.78 is 10.9. The second-order valence-corrected chi connectivity index (χ2v) is 8.45. The van der Waals surface area contributed by atoms with E-state index < -0.39 is 5.97 Å². The fraction of sp³-hybridized carbons (Fsp3) is 0.500. The van der Waals surface area contributed by atoms with Gasteiger partial charge in [-0.05, 0) is 45.4 Å². The first-order valence-electron chi connectivity index (χ1n) is 11.1. The van der Waals surface area contributed by atoms with Crippen LogP contribution in [0.3, 0.4) is 0 Å². The Hall–Kier alpha value is -2.35. The Kier molecular flexibility index (Phi) is 8.34. The smallest absolute Gasteiger partial charge is 0.340 e. The zero-order valence-corrected chi connectivity index (χ0v) is 20.0. The molecule has 0 bridgehead atoms. The number of rotatable bonds is 9. The van der Waals surface area contributed by atoms with E-state index in [2.05, 4.69) is 14.8 Å². The monoisotopic (exact) mass is 461 g/mol. The van der Waals surface area contributed by atoms with Crippen LogP contribution in [-0.2, 0) is 4.74 Å². The standard InChI is InChI=1S/C24H32ClN3O4/c1-5-31-24(30)21-16(2)22(26-17(21)3)23(29)18(4)28-12-10-27(11-13-28)14-15-32-20-9-7-6-8-19(20)25/h6-9,18,26H,5,10-15H2,1-4H3/t18-/m1/s1. The molecule has 1 atom stereocenters. The minimum absolute atomic E-state index is 0.00310. The van der Waals surface area contributed by atoms with Crippen LogP contribution in [0.5, 0.6) is 5.75 Å². The number of para-hydroxylation sites is 1. The van der Waals surface area contributed by atoms with Crippen molar-refractivity contribution in [2.24, 2.45) is 0 Å². The van der Waals surface area contributed by atoms with Gasteiger partial charge >= 0.3 is 5.97 Å². The zero-order valence-electron chi connectivity index (χ0n) is 19.2. The quantitative estimate of drug-likeness (QED) is 0.453. The van der Waals surface area contributed by atoms with Gasteiger partial charge < -0.3 is 14.5 Å². The van der Waals surface area contributed by atoms with Gasteiger partial charge in [-0.1, -0.05) is 23.7 Å². The molecule has 1 aromatic heterocycles. The van der Waals surface area contributed by atoms with Crippen molar-refractivity contribution in [2.75, 3.05) is 45.9 Å². The fourth-order valence-electron chi connectivity index (χ4n) is 4.10. The molecule has 0 saturated carbocycles. The van der Waals surface area contributed by atoms with Gasteiger partial charge in [0.05, 0.1) is 28.9 Å². The van der Waals surface area contributed by atoms with Crippen LogP contribution in [-0.4, -0.2) is 78.5 Å². The first kappa shape index (κ1) is 24.3. The number of ether oxygens (including phenoxy) is 2. The molecule has 8 heteroatoms. The van der Waals surface area contributed by atoms with Crippen LogP contribution in [0.1, 0.15) is 46.0 Å². The highest BCUT2D eigenvalue weighted by atomic mass is 35.5. The largest absolute Gasteiger partial charge is 0.491 e. The Morgan fingerprint density at radius 3 is 2.50 bits per heavy atom. The summed E-state index contributed by atoms with van der Waals surface area (Å²) in [6.07, 6.45) is 0. The molecule has 2 aromatic rings. The van der Waals surface area contributed by atoms with Crippen molar-refractivity contribution in [1.29, 1.82) is 0 Å². The number of aryl methyl sites for hydroxylation is 1. The van der Waals surface area contributed by atoms with Crippen LogP contribution in [0.2, 0.25) is 5.02 Å². The average Bonchev–Trinajstić information content (AvgIpc) is 3.08. The van der Waals surface area contributed by atoms with Crippen LogP contribution >= 0.6 is 11.6 Å². The van der Waals surface area contributed by atoms with E-state index in [1.807, 2.05) is 31.2 Å². The summed E-state index contributed by atoms with van der Waals surface area (Å²) in [7, 11) is 0. The number of aromatic nitrogens is 1. The molecule has 174 valence electrons. The van der Waals surface area contributed by atoms with Crippen molar-refractivity contribution in [3.63, 3.8) is 0 Å². The minimum Gasteiger partial charge on any atom is -0.491 e. The molecule has 1 aliphatic rings. The van der Waals surface area contributed by atoms with E-state index in [4.69, 9.17) is 21.1 Å². The zero-order chi connectivity index (χ0) is 23.3. The molecule has 0 unspecified atom stereocenters. The Morgan fingerprint density at radius 2 is 1.84 bits per heavy atom. The lowest BCUT2D eigenvalue weighted by Gasteiger charge is -2.37. The van der Waals surface area contributed by atoms with Crippen LogP contribution < -0.4 is 4.74 Å². The average molecular weight is 462 g/mol. The maximum absolute atomic E-state index is 13.2. The van der Waals surface area contributed by atoms with Crippen molar-refractivity contribution in [1.82, 2.24) is 14.8 Å². The fourth-order valence-corrected chi connectivity index (χ4v) is 4.29. The second-order valence-electron chi connectivity index (χ2n) is 8.04. The van der Waals surface area contributed by atoms with Gasteiger partial charge in [0, 0.05) is 38.4 Å². The van der Waals surface area contributed by atoms with Crippen LogP contribution in [0, 0.1) is 13.8 Å². The van der Waals surface area contributed by atoms with Crippen molar-refractivity contribution >= 4 is 23.4 Å². The number of hydrogen-bond acceptors (Lipinski definition) is 6. The van der Waals surface area contributed by atoms with Crippen LogP contribution in [0.4, 0.5) is 0 Å². The summed E-state index contributed by atoms with van der Waals surface area (Å²) in [5, 5.41) is 0.616. The van der Waals surface area contributed by atoms with Gasteiger partial charge in [0.25, 0.3) is 0 Å². The highest BCUT2D eigenvalue weighted by Crippen LogP contribution is 2.24. The summed E-state index contributed by atoms with van der Waals surface area (Å²) in [5.41, 5.74) is 2.28. The summed E-state index contributed by atoms with van der Waals surface area (Å²) in [5.74, 6) is 0.306. The summed E-state index contributed by atoms with van der Waals surface area (Å²) in [4.78, 5) is 33.0. The predicted octanol–water partition coefficient (Wildman–Crippen LogP) is 3.73. The molecule has 0 aliphatic carbocycles. The number of aromatic amines is 1. The Labute approximate surface area is 194 Å². The molecule has 32 heavy (non-hydrogen) atoms. The third kappa shape index (κ3) is 5.52. The molecule has 1 fully saturated rings. The minimum atomic E-state index is -0.391. The third-order valence-electron chi connectivity index (χ3n) is 6.00. The molecule has 1 aliphatic heterocycles. The van der Waals surface area contributed by atoms with Crippen molar-refractivity contribution in [3.05, 3.63) is 51.8 Å². The van der Waals surface area contributed by atoms with E-state index in [1.165, 1.54) is 0 Å². The number of hydrogen-bond donors (Lipinski definition) is 1. The number of piperazine rings is 1. The first-order chi connectivity index (χ1) is 15.3. The lowest BCUT2D eigenvalue weighted by atomic mass is 10.0. The lowest BCUT2D eigenvalue weighted by molar-refractivity contribution is 0.0525. The number of esters is 1. The van der Waals surface area contributed by atoms with Crippen molar-refractivity contribution in [3.8, 4) is 5.75 Å². The van der Waals surface area contributed by atoms with Gasteiger partial charge in [0.2, 0.25) is 0 Å². The lowest BCUT2D eigenvalue weighted by Crippen LogP contribution is -2.52. The number of ketones is 1. The topological polar surface area (TPSA) is 74.9 Å². The number of nitrogens with one attached hydrogen (secondary N) is 1. The molecule has 0 radical (unpaired) electrons. The summed E-state index contributed by atoms with van der Waals surface area (Å²) >= 11 is 6.13. The molecule has 1 saturated heterocycles. The molecule has 0 spiro atoms. The van der Waals surface area contributed by atoms with E-state index in [9.17, 15) is 9.59 Å². The summed E-state index contributed by atoms with van der Waals surface area (Å²) in [6.45, 7) is 12.3. The Balaban J connectivity index is 1.52. The molecule has 1 N–H and O–H groups in total. The SMILES string of the molecule is CCOC(=O)c1c(C)[nH]c(C(=O)[C@@H](C)N2CCN(CCOc3ccccc3Cl)CC2)c1C.